The van der Waals surface area contributed by atoms with Crippen LogP contribution in [0, 0.1) is 0 Å². The topological polar surface area (TPSA) is 90.0 Å². The van der Waals surface area contributed by atoms with E-state index in [0.29, 0.717) is 13.0 Å². The standard InChI is InChI=1S/C14H25N3O4/c1-2-8-17(11-13(19)20)14(21)15-7-6-12(18)16-9-4-3-5-10-16/h2-11H2,1H3,(H,15,21)(H,19,20). The Bertz CT molecular complexity index is 367. The van der Waals surface area contributed by atoms with Gasteiger partial charge in [-0.25, -0.2) is 4.79 Å². The lowest BCUT2D eigenvalue weighted by molar-refractivity contribution is -0.137. The fourth-order valence-electron chi connectivity index (χ4n) is 2.38. The Kier molecular flexibility index (Phi) is 7.56. The molecule has 0 atom stereocenters. The normalized spacial score (nSPS) is 14.6. The summed E-state index contributed by atoms with van der Waals surface area (Å²) in [5.41, 5.74) is 0. The molecule has 0 aromatic carbocycles. The molecule has 1 saturated heterocycles. The molecular weight excluding hydrogens is 274 g/mol. The number of amides is 3. The van der Waals surface area contributed by atoms with Crippen LogP contribution >= 0.6 is 0 Å². The molecule has 1 rings (SSSR count). The highest BCUT2D eigenvalue weighted by Gasteiger charge is 2.18. The summed E-state index contributed by atoms with van der Waals surface area (Å²) in [6, 6.07) is -0.425. The maximum absolute atomic E-state index is 11.9. The fourth-order valence-corrected chi connectivity index (χ4v) is 2.38. The van der Waals surface area contributed by atoms with Crippen molar-refractivity contribution in [2.75, 3.05) is 32.7 Å². The molecule has 0 saturated carbocycles. The largest absolute Gasteiger partial charge is 0.480 e. The van der Waals surface area contributed by atoms with Crippen LogP contribution in [0.5, 0.6) is 0 Å². The van der Waals surface area contributed by atoms with Crippen LogP contribution in [0.25, 0.3) is 0 Å². The lowest BCUT2D eigenvalue weighted by Crippen LogP contribution is -2.44. The van der Waals surface area contributed by atoms with Gasteiger partial charge in [-0.1, -0.05) is 6.92 Å². The third kappa shape index (κ3) is 6.46. The molecule has 1 heterocycles. The Morgan fingerprint density at radius 1 is 1.19 bits per heavy atom. The van der Waals surface area contributed by atoms with Crippen LogP contribution < -0.4 is 5.32 Å². The molecule has 1 aliphatic rings. The van der Waals surface area contributed by atoms with Gasteiger partial charge in [0.2, 0.25) is 5.91 Å². The Hall–Kier alpha value is -1.79. The minimum Gasteiger partial charge on any atom is -0.480 e. The summed E-state index contributed by atoms with van der Waals surface area (Å²) >= 11 is 0. The highest BCUT2D eigenvalue weighted by molar-refractivity contribution is 5.81. The first-order chi connectivity index (χ1) is 10.0. The SMILES string of the molecule is CCCN(CC(=O)O)C(=O)NCCC(=O)N1CCCCC1. The molecule has 0 aliphatic carbocycles. The first-order valence-corrected chi connectivity index (χ1v) is 7.57. The summed E-state index contributed by atoms with van der Waals surface area (Å²) in [7, 11) is 0. The van der Waals surface area contributed by atoms with E-state index in [0.717, 1.165) is 25.9 Å². The Morgan fingerprint density at radius 2 is 1.86 bits per heavy atom. The number of nitrogens with zero attached hydrogens (tertiary/aromatic N) is 2. The lowest BCUT2D eigenvalue weighted by Gasteiger charge is -2.27. The quantitative estimate of drug-likeness (QED) is 0.730. The summed E-state index contributed by atoms with van der Waals surface area (Å²) in [5, 5.41) is 11.4. The van der Waals surface area contributed by atoms with Gasteiger partial charge >= 0.3 is 12.0 Å². The number of aliphatic carboxylic acids is 1. The molecule has 0 bridgehead atoms. The second-order valence-corrected chi connectivity index (χ2v) is 5.24. The number of hydrogen-bond donors (Lipinski definition) is 2. The van der Waals surface area contributed by atoms with Gasteiger partial charge in [0.25, 0.3) is 0 Å². The number of urea groups is 1. The van der Waals surface area contributed by atoms with Crippen LogP contribution in [0.15, 0.2) is 0 Å². The van der Waals surface area contributed by atoms with Crippen LogP contribution in [0.3, 0.4) is 0 Å². The van der Waals surface area contributed by atoms with Gasteiger partial charge in [0.1, 0.15) is 6.54 Å². The number of piperidine rings is 1. The van der Waals surface area contributed by atoms with E-state index in [-0.39, 0.29) is 25.4 Å². The second-order valence-electron chi connectivity index (χ2n) is 5.24. The summed E-state index contributed by atoms with van der Waals surface area (Å²) in [6.07, 6.45) is 4.20. The van der Waals surface area contributed by atoms with E-state index < -0.39 is 12.0 Å². The number of hydrogen-bond acceptors (Lipinski definition) is 3. The Morgan fingerprint density at radius 3 is 2.43 bits per heavy atom. The van der Waals surface area contributed by atoms with Gasteiger partial charge in [-0.05, 0) is 25.7 Å². The van der Waals surface area contributed by atoms with Crippen LogP contribution in [0.4, 0.5) is 4.79 Å². The molecule has 7 heteroatoms. The van der Waals surface area contributed by atoms with E-state index >= 15 is 0 Å². The molecule has 0 radical (unpaired) electrons. The number of carbonyl (C=O) groups is 3. The van der Waals surface area contributed by atoms with Crippen molar-refractivity contribution in [2.45, 2.75) is 39.0 Å². The average molecular weight is 299 g/mol. The highest BCUT2D eigenvalue weighted by Crippen LogP contribution is 2.09. The van der Waals surface area contributed by atoms with Crippen molar-refractivity contribution >= 4 is 17.9 Å². The smallest absolute Gasteiger partial charge is 0.323 e. The third-order valence-corrected chi connectivity index (χ3v) is 3.43. The number of carboxylic acid groups (broad SMARTS) is 1. The van der Waals surface area contributed by atoms with Gasteiger partial charge < -0.3 is 20.2 Å². The molecular formula is C14H25N3O4. The summed E-state index contributed by atoms with van der Waals surface area (Å²) in [5.74, 6) is -0.988. The van der Waals surface area contributed by atoms with Crippen molar-refractivity contribution in [2.24, 2.45) is 0 Å². The van der Waals surface area contributed by atoms with E-state index in [4.69, 9.17) is 5.11 Å². The average Bonchev–Trinajstić information content (AvgIpc) is 2.47. The lowest BCUT2D eigenvalue weighted by atomic mass is 10.1. The number of carboxylic acids is 1. The predicted octanol–water partition coefficient (Wildman–Crippen LogP) is 0.895. The fraction of sp³-hybridized carbons (Fsp3) is 0.786. The van der Waals surface area contributed by atoms with Gasteiger partial charge in [-0.2, -0.15) is 0 Å². The molecule has 0 aromatic heterocycles. The van der Waals surface area contributed by atoms with Gasteiger partial charge in [0.05, 0.1) is 0 Å². The molecule has 0 spiro atoms. The Balaban J connectivity index is 2.30. The first kappa shape index (κ1) is 17.3. The van der Waals surface area contributed by atoms with Crippen molar-refractivity contribution < 1.29 is 19.5 Å². The summed E-state index contributed by atoms with van der Waals surface area (Å²) in [4.78, 5) is 37.5. The van der Waals surface area contributed by atoms with Gasteiger partial charge in [0, 0.05) is 32.6 Å². The van der Waals surface area contributed by atoms with Crippen LogP contribution in [-0.4, -0.2) is 65.5 Å². The molecule has 0 aromatic rings. The third-order valence-electron chi connectivity index (χ3n) is 3.43. The molecule has 120 valence electrons. The minimum atomic E-state index is -1.04. The molecule has 21 heavy (non-hydrogen) atoms. The maximum atomic E-state index is 11.9. The molecule has 3 amide bonds. The van der Waals surface area contributed by atoms with E-state index in [1.54, 1.807) is 0 Å². The number of rotatable bonds is 7. The molecule has 7 nitrogen and oxygen atoms in total. The molecule has 1 fully saturated rings. The van der Waals surface area contributed by atoms with Crippen molar-refractivity contribution in [1.82, 2.24) is 15.1 Å². The summed E-state index contributed by atoms with van der Waals surface area (Å²) in [6.45, 7) is 3.79. The summed E-state index contributed by atoms with van der Waals surface area (Å²) < 4.78 is 0. The van der Waals surface area contributed by atoms with Crippen molar-refractivity contribution in [3.8, 4) is 0 Å². The van der Waals surface area contributed by atoms with E-state index in [1.807, 2.05) is 11.8 Å². The monoisotopic (exact) mass is 299 g/mol. The van der Waals surface area contributed by atoms with Crippen molar-refractivity contribution in [3.05, 3.63) is 0 Å². The van der Waals surface area contributed by atoms with Crippen LogP contribution in [0.2, 0.25) is 0 Å². The molecule has 2 N–H and O–H groups in total. The second kappa shape index (κ2) is 9.20. The van der Waals surface area contributed by atoms with E-state index in [1.165, 1.54) is 11.3 Å². The maximum Gasteiger partial charge on any atom is 0.323 e. The predicted molar refractivity (Wildman–Crippen MR) is 77.9 cm³/mol. The van der Waals surface area contributed by atoms with E-state index in [2.05, 4.69) is 5.32 Å². The van der Waals surface area contributed by atoms with E-state index in [9.17, 15) is 14.4 Å². The highest BCUT2D eigenvalue weighted by atomic mass is 16.4. The first-order valence-electron chi connectivity index (χ1n) is 7.57. The van der Waals surface area contributed by atoms with Gasteiger partial charge in [-0.15, -0.1) is 0 Å². The molecule has 0 unspecified atom stereocenters. The van der Waals surface area contributed by atoms with Gasteiger partial charge in [-0.3, -0.25) is 9.59 Å². The minimum absolute atomic E-state index is 0.0512. The zero-order chi connectivity index (χ0) is 15.7. The zero-order valence-corrected chi connectivity index (χ0v) is 12.6. The van der Waals surface area contributed by atoms with Crippen molar-refractivity contribution in [3.63, 3.8) is 0 Å². The molecule has 1 aliphatic heterocycles. The number of likely N-dealkylation sites (tertiary alicyclic amines) is 1. The van der Waals surface area contributed by atoms with Crippen LogP contribution in [-0.2, 0) is 9.59 Å². The van der Waals surface area contributed by atoms with Gasteiger partial charge in [0.15, 0.2) is 0 Å². The Labute approximate surface area is 125 Å². The number of carbonyl (C=O) groups excluding carboxylic acids is 2. The van der Waals surface area contributed by atoms with Crippen LogP contribution in [0.1, 0.15) is 39.0 Å². The zero-order valence-electron chi connectivity index (χ0n) is 12.6. The van der Waals surface area contributed by atoms with Crippen molar-refractivity contribution in [1.29, 1.82) is 0 Å². The number of nitrogens with one attached hydrogen (secondary N) is 1.